The maximum atomic E-state index is 11.8. The molecule has 1 aliphatic heterocycles. The number of halogens is 1. The van der Waals surface area contributed by atoms with E-state index in [4.69, 9.17) is 4.74 Å². The minimum Gasteiger partial charge on any atom is -0.497 e. The van der Waals surface area contributed by atoms with Crippen LogP contribution in [0.1, 0.15) is 31.2 Å². The highest BCUT2D eigenvalue weighted by Crippen LogP contribution is 2.11. The molecule has 4 nitrogen and oxygen atoms in total. The fourth-order valence-electron chi connectivity index (χ4n) is 2.47. The quantitative estimate of drug-likeness (QED) is 0.821. The third kappa shape index (κ3) is 5.94. The Labute approximate surface area is 133 Å². The zero-order valence-corrected chi connectivity index (χ0v) is 13.5. The first-order valence-corrected chi connectivity index (χ1v) is 7.41. The van der Waals surface area contributed by atoms with Gasteiger partial charge in [0, 0.05) is 32.6 Å². The monoisotopic (exact) mass is 312 g/mol. The van der Waals surface area contributed by atoms with Crippen LogP contribution in [0.4, 0.5) is 0 Å². The maximum absolute atomic E-state index is 11.8. The molecule has 1 aromatic carbocycles. The van der Waals surface area contributed by atoms with Gasteiger partial charge in [0.15, 0.2) is 0 Å². The largest absolute Gasteiger partial charge is 0.497 e. The molecule has 1 aliphatic rings. The number of likely N-dealkylation sites (tertiary alicyclic amines) is 1. The van der Waals surface area contributed by atoms with Gasteiger partial charge in [0.2, 0.25) is 5.91 Å². The van der Waals surface area contributed by atoms with Crippen molar-refractivity contribution in [1.29, 1.82) is 0 Å². The maximum Gasteiger partial charge on any atom is 0.222 e. The van der Waals surface area contributed by atoms with Crippen molar-refractivity contribution < 1.29 is 9.53 Å². The summed E-state index contributed by atoms with van der Waals surface area (Å²) >= 11 is 0. The number of rotatable bonds is 6. The van der Waals surface area contributed by atoms with E-state index in [1.807, 2.05) is 17.0 Å². The summed E-state index contributed by atoms with van der Waals surface area (Å²) in [6, 6.07) is 8.05. The minimum atomic E-state index is 0. The molecule has 0 bridgehead atoms. The number of hydrogen-bond acceptors (Lipinski definition) is 3. The molecule has 2 rings (SSSR count). The molecule has 0 aliphatic carbocycles. The summed E-state index contributed by atoms with van der Waals surface area (Å²) in [7, 11) is 1.67. The lowest BCUT2D eigenvalue weighted by molar-refractivity contribution is -0.130. The van der Waals surface area contributed by atoms with Crippen molar-refractivity contribution in [3.63, 3.8) is 0 Å². The summed E-state index contributed by atoms with van der Waals surface area (Å²) in [5.74, 6) is 1.19. The predicted octanol–water partition coefficient (Wildman–Crippen LogP) is 2.61. The Morgan fingerprint density at radius 3 is 2.67 bits per heavy atom. The minimum absolute atomic E-state index is 0. The van der Waals surface area contributed by atoms with Crippen molar-refractivity contribution in [1.82, 2.24) is 10.2 Å². The van der Waals surface area contributed by atoms with E-state index < -0.39 is 0 Å². The fraction of sp³-hybridized carbons (Fsp3) is 0.562. The van der Waals surface area contributed by atoms with Gasteiger partial charge < -0.3 is 15.0 Å². The number of ether oxygens (including phenoxy) is 1. The van der Waals surface area contributed by atoms with E-state index >= 15 is 0 Å². The first kappa shape index (κ1) is 17.8. The normalized spacial score (nSPS) is 15.3. The van der Waals surface area contributed by atoms with Crippen molar-refractivity contribution in [3.05, 3.63) is 29.8 Å². The van der Waals surface area contributed by atoms with E-state index in [0.29, 0.717) is 5.91 Å². The zero-order chi connectivity index (χ0) is 14.2. The van der Waals surface area contributed by atoms with E-state index in [9.17, 15) is 4.79 Å². The molecular formula is C16H25ClN2O2. The number of amides is 1. The van der Waals surface area contributed by atoms with Crippen molar-refractivity contribution in [2.45, 2.75) is 32.2 Å². The summed E-state index contributed by atoms with van der Waals surface area (Å²) in [5.41, 5.74) is 1.23. The summed E-state index contributed by atoms with van der Waals surface area (Å²) in [4.78, 5) is 13.8. The molecule has 0 spiro atoms. The molecule has 1 aromatic rings. The van der Waals surface area contributed by atoms with Gasteiger partial charge in [0.1, 0.15) is 5.75 Å². The lowest BCUT2D eigenvalue weighted by Gasteiger charge is -2.20. The number of methoxy groups -OCH3 is 1. The second-order valence-electron chi connectivity index (χ2n) is 5.22. The van der Waals surface area contributed by atoms with Crippen LogP contribution in [0.25, 0.3) is 0 Å². The van der Waals surface area contributed by atoms with Crippen LogP contribution in [0.3, 0.4) is 0 Å². The Bertz CT molecular complexity index is 423. The molecule has 0 radical (unpaired) electrons. The molecule has 1 heterocycles. The molecule has 1 saturated heterocycles. The molecule has 5 heteroatoms. The number of benzene rings is 1. The molecule has 1 N–H and O–H groups in total. The molecule has 1 fully saturated rings. The molecular weight excluding hydrogens is 288 g/mol. The second kappa shape index (κ2) is 9.64. The number of hydrogen-bond donors (Lipinski definition) is 1. The Kier molecular flexibility index (Phi) is 8.16. The number of carbonyl (C=O) groups excluding carboxylic acids is 1. The molecule has 0 aromatic heterocycles. The van der Waals surface area contributed by atoms with Crippen molar-refractivity contribution in [2.24, 2.45) is 0 Å². The van der Waals surface area contributed by atoms with Crippen LogP contribution in [0.15, 0.2) is 24.3 Å². The van der Waals surface area contributed by atoms with Crippen molar-refractivity contribution in [3.8, 4) is 5.75 Å². The first-order chi connectivity index (χ1) is 9.79. The van der Waals surface area contributed by atoms with E-state index in [1.165, 1.54) is 12.0 Å². The highest BCUT2D eigenvalue weighted by Gasteiger charge is 2.15. The fourth-order valence-corrected chi connectivity index (χ4v) is 2.47. The van der Waals surface area contributed by atoms with Crippen LogP contribution >= 0.6 is 12.4 Å². The van der Waals surface area contributed by atoms with E-state index in [-0.39, 0.29) is 12.4 Å². The van der Waals surface area contributed by atoms with Gasteiger partial charge in [-0.25, -0.2) is 0 Å². The van der Waals surface area contributed by atoms with E-state index in [0.717, 1.165) is 51.2 Å². The third-order valence-electron chi connectivity index (χ3n) is 3.72. The summed E-state index contributed by atoms with van der Waals surface area (Å²) < 4.78 is 5.13. The SMILES string of the molecule is COc1ccc(CNCCN2CCCCCC2=O)cc1.Cl. The summed E-state index contributed by atoms with van der Waals surface area (Å²) in [5, 5.41) is 3.39. The molecule has 118 valence electrons. The van der Waals surface area contributed by atoms with Gasteiger partial charge in [-0.3, -0.25) is 4.79 Å². The van der Waals surface area contributed by atoms with Crippen LogP contribution in [-0.2, 0) is 11.3 Å². The first-order valence-electron chi connectivity index (χ1n) is 7.41. The van der Waals surface area contributed by atoms with Gasteiger partial charge >= 0.3 is 0 Å². The van der Waals surface area contributed by atoms with Gasteiger partial charge in [0.25, 0.3) is 0 Å². The van der Waals surface area contributed by atoms with Gasteiger partial charge in [-0.1, -0.05) is 18.6 Å². The van der Waals surface area contributed by atoms with Gasteiger partial charge in [-0.15, -0.1) is 12.4 Å². The average molecular weight is 313 g/mol. The van der Waals surface area contributed by atoms with E-state index in [2.05, 4.69) is 17.4 Å². The highest BCUT2D eigenvalue weighted by atomic mass is 35.5. The molecule has 0 unspecified atom stereocenters. The van der Waals surface area contributed by atoms with Crippen LogP contribution in [-0.4, -0.2) is 37.6 Å². The summed E-state index contributed by atoms with van der Waals surface area (Å²) in [6.07, 6.45) is 4.10. The Morgan fingerprint density at radius 2 is 1.95 bits per heavy atom. The standard InChI is InChI=1S/C16H24N2O2.ClH/c1-20-15-8-6-14(7-9-15)13-17-10-12-18-11-4-2-3-5-16(18)19;/h6-9,17H,2-5,10-13H2,1H3;1H. The molecule has 1 amide bonds. The topological polar surface area (TPSA) is 41.6 Å². The average Bonchev–Trinajstić information content (AvgIpc) is 2.69. The van der Waals surface area contributed by atoms with Crippen LogP contribution in [0.2, 0.25) is 0 Å². The Morgan fingerprint density at radius 1 is 1.19 bits per heavy atom. The lowest BCUT2D eigenvalue weighted by atomic mass is 10.2. The number of carbonyl (C=O) groups is 1. The highest BCUT2D eigenvalue weighted by molar-refractivity contribution is 5.85. The third-order valence-corrected chi connectivity index (χ3v) is 3.72. The van der Waals surface area contributed by atoms with Crippen molar-refractivity contribution >= 4 is 18.3 Å². The molecule has 0 atom stereocenters. The second-order valence-corrected chi connectivity index (χ2v) is 5.22. The molecule has 0 saturated carbocycles. The Hall–Kier alpha value is -1.26. The summed E-state index contributed by atoms with van der Waals surface area (Å²) in [6.45, 7) is 3.40. The number of nitrogens with zero attached hydrogens (tertiary/aromatic N) is 1. The predicted molar refractivity (Wildman–Crippen MR) is 87.0 cm³/mol. The van der Waals surface area contributed by atoms with E-state index in [1.54, 1.807) is 7.11 Å². The molecule has 21 heavy (non-hydrogen) atoms. The lowest BCUT2D eigenvalue weighted by Crippen LogP contribution is -2.36. The van der Waals surface area contributed by atoms with Gasteiger partial charge in [-0.05, 0) is 30.5 Å². The zero-order valence-electron chi connectivity index (χ0n) is 12.6. The van der Waals surface area contributed by atoms with Gasteiger partial charge in [-0.2, -0.15) is 0 Å². The van der Waals surface area contributed by atoms with Crippen LogP contribution in [0.5, 0.6) is 5.75 Å². The van der Waals surface area contributed by atoms with Crippen LogP contribution in [0, 0.1) is 0 Å². The van der Waals surface area contributed by atoms with Crippen molar-refractivity contribution in [2.75, 3.05) is 26.7 Å². The number of nitrogens with one attached hydrogen (secondary N) is 1. The Balaban J connectivity index is 0.00000220. The smallest absolute Gasteiger partial charge is 0.222 e. The van der Waals surface area contributed by atoms with Crippen LogP contribution < -0.4 is 10.1 Å². The van der Waals surface area contributed by atoms with Gasteiger partial charge in [0.05, 0.1) is 7.11 Å².